The fourth-order valence-corrected chi connectivity index (χ4v) is 1.72. The van der Waals surface area contributed by atoms with E-state index in [2.05, 4.69) is 31.5 Å². The molecule has 1 nitrogen and oxygen atoms in total. The lowest BCUT2D eigenvalue weighted by atomic mass is 9.87. The van der Waals surface area contributed by atoms with E-state index in [4.69, 9.17) is 0 Å². The number of hydrogen-bond acceptors (Lipinski definition) is 1. The van der Waals surface area contributed by atoms with Crippen molar-refractivity contribution in [1.29, 1.82) is 0 Å². The van der Waals surface area contributed by atoms with Gasteiger partial charge in [0.25, 0.3) is 0 Å². The van der Waals surface area contributed by atoms with Crippen LogP contribution in [-0.4, -0.2) is 25.0 Å². The molecule has 0 amide bonds. The lowest BCUT2D eigenvalue weighted by Gasteiger charge is -2.32. The molecule has 2 atom stereocenters. The average Bonchev–Trinajstić information content (AvgIpc) is 1.88. The first kappa shape index (κ1) is 7.80. The predicted molar refractivity (Wildman–Crippen MR) is 45.0 cm³/mol. The highest BCUT2D eigenvalue weighted by Crippen LogP contribution is 2.22. The number of nitrogens with zero attached hydrogens (tertiary/aromatic N) is 1. The zero-order valence-corrected chi connectivity index (χ0v) is 7.01. The molecule has 1 aliphatic heterocycles. The Labute approximate surface area is 63.7 Å². The number of allylic oxidation sites excluding steroid dienone is 1. The van der Waals surface area contributed by atoms with E-state index in [1.807, 2.05) is 0 Å². The molecule has 0 N–H and O–H groups in total. The van der Waals surface area contributed by atoms with Crippen molar-refractivity contribution in [3.05, 3.63) is 12.7 Å². The standard InChI is InChI=1S/C9H17N/c1-4-9-5-6-10(3)7-8(9)2/h4,8-9H,1,5-7H2,2-3H3/t8-,9+/m1/s1. The summed E-state index contributed by atoms with van der Waals surface area (Å²) in [7, 11) is 2.19. The van der Waals surface area contributed by atoms with Gasteiger partial charge in [0.1, 0.15) is 0 Å². The van der Waals surface area contributed by atoms with E-state index in [9.17, 15) is 0 Å². The summed E-state index contributed by atoms with van der Waals surface area (Å²) >= 11 is 0. The summed E-state index contributed by atoms with van der Waals surface area (Å²) in [6.45, 7) is 8.62. The van der Waals surface area contributed by atoms with Crippen molar-refractivity contribution in [3.63, 3.8) is 0 Å². The minimum Gasteiger partial charge on any atom is -0.306 e. The second-order valence-corrected chi connectivity index (χ2v) is 3.43. The fraction of sp³-hybridized carbons (Fsp3) is 0.778. The maximum atomic E-state index is 3.84. The zero-order chi connectivity index (χ0) is 7.56. The Kier molecular flexibility index (Phi) is 2.50. The molecule has 0 spiro atoms. The van der Waals surface area contributed by atoms with Gasteiger partial charge in [-0.1, -0.05) is 13.0 Å². The highest BCUT2D eigenvalue weighted by atomic mass is 15.1. The minimum absolute atomic E-state index is 0.760. The first-order chi connectivity index (χ1) is 4.74. The SMILES string of the molecule is C=C[C@H]1CCN(C)C[C@H]1C. The number of hydrogen-bond donors (Lipinski definition) is 0. The van der Waals surface area contributed by atoms with Crippen LogP contribution in [0.25, 0.3) is 0 Å². The summed E-state index contributed by atoms with van der Waals surface area (Å²) < 4.78 is 0. The van der Waals surface area contributed by atoms with Crippen LogP contribution in [0.5, 0.6) is 0 Å². The molecule has 0 saturated carbocycles. The Balaban J connectivity index is 2.43. The van der Waals surface area contributed by atoms with E-state index in [1.165, 1.54) is 19.5 Å². The van der Waals surface area contributed by atoms with Crippen LogP contribution in [-0.2, 0) is 0 Å². The van der Waals surface area contributed by atoms with Crippen LogP contribution in [0.4, 0.5) is 0 Å². The van der Waals surface area contributed by atoms with Crippen LogP contribution in [0.2, 0.25) is 0 Å². The van der Waals surface area contributed by atoms with E-state index in [-0.39, 0.29) is 0 Å². The number of rotatable bonds is 1. The van der Waals surface area contributed by atoms with E-state index in [0.29, 0.717) is 0 Å². The molecule has 1 rings (SSSR count). The monoisotopic (exact) mass is 139 g/mol. The Bertz CT molecular complexity index is 120. The lowest BCUT2D eigenvalue weighted by molar-refractivity contribution is 0.182. The molecule has 0 bridgehead atoms. The summed E-state index contributed by atoms with van der Waals surface area (Å²) in [5, 5.41) is 0. The summed E-state index contributed by atoms with van der Waals surface area (Å²) in [4.78, 5) is 2.39. The van der Waals surface area contributed by atoms with Gasteiger partial charge in [0, 0.05) is 6.54 Å². The smallest absolute Gasteiger partial charge is 0.000960 e. The molecule has 0 aromatic heterocycles. The molecule has 1 saturated heterocycles. The van der Waals surface area contributed by atoms with Crippen molar-refractivity contribution in [2.24, 2.45) is 11.8 Å². The van der Waals surface area contributed by atoms with Crippen LogP contribution in [0.3, 0.4) is 0 Å². The Hall–Kier alpha value is -0.300. The molecule has 1 aliphatic rings. The summed E-state index contributed by atoms with van der Waals surface area (Å²) in [6.07, 6.45) is 3.40. The highest BCUT2D eigenvalue weighted by molar-refractivity contribution is 4.87. The van der Waals surface area contributed by atoms with Gasteiger partial charge < -0.3 is 4.90 Å². The van der Waals surface area contributed by atoms with Gasteiger partial charge in [0.05, 0.1) is 0 Å². The van der Waals surface area contributed by atoms with Crippen LogP contribution in [0.1, 0.15) is 13.3 Å². The van der Waals surface area contributed by atoms with Gasteiger partial charge in [-0.2, -0.15) is 0 Å². The van der Waals surface area contributed by atoms with Crippen molar-refractivity contribution in [3.8, 4) is 0 Å². The summed E-state index contributed by atoms with van der Waals surface area (Å²) in [6, 6.07) is 0. The predicted octanol–water partition coefficient (Wildman–Crippen LogP) is 1.76. The molecule has 0 aliphatic carbocycles. The largest absolute Gasteiger partial charge is 0.306 e. The zero-order valence-electron chi connectivity index (χ0n) is 7.01. The van der Waals surface area contributed by atoms with Crippen LogP contribution >= 0.6 is 0 Å². The molecule has 1 heterocycles. The molecular formula is C9H17N. The van der Waals surface area contributed by atoms with Gasteiger partial charge in [-0.3, -0.25) is 0 Å². The molecule has 58 valence electrons. The van der Waals surface area contributed by atoms with E-state index >= 15 is 0 Å². The maximum absolute atomic E-state index is 3.84. The van der Waals surface area contributed by atoms with Gasteiger partial charge in [-0.15, -0.1) is 6.58 Å². The molecular weight excluding hydrogens is 122 g/mol. The first-order valence-electron chi connectivity index (χ1n) is 4.05. The third kappa shape index (κ3) is 1.60. The van der Waals surface area contributed by atoms with Gasteiger partial charge >= 0.3 is 0 Å². The lowest BCUT2D eigenvalue weighted by Crippen LogP contribution is -2.35. The second-order valence-electron chi connectivity index (χ2n) is 3.43. The van der Waals surface area contributed by atoms with Crippen molar-refractivity contribution >= 4 is 0 Å². The van der Waals surface area contributed by atoms with Crippen molar-refractivity contribution in [2.45, 2.75) is 13.3 Å². The third-order valence-electron chi connectivity index (χ3n) is 2.48. The van der Waals surface area contributed by atoms with Gasteiger partial charge in [0.15, 0.2) is 0 Å². The maximum Gasteiger partial charge on any atom is 0.000960 e. The van der Waals surface area contributed by atoms with Crippen LogP contribution in [0, 0.1) is 11.8 Å². The van der Waals surface area contributed by atoms with Crippen LogP contribution in [0.15, 0.2) is 12.7 Å². The Morgan fingerprint density at radius 2 is 2.30 bits per heavy atom. The van der Waals surface area contributed by atoms with E-state index < -0.39 is 0 Å². The highest BCUT2D eigenvalue weighted by Gasteiger charge is 2.20. The van der Waals surface area contributed by atoms with Gasteiger partial charge in [-0.25, -0.2) is 0 Å². The van der Waals surface area contributed by atoms with Crippen LogP contribution < -0.4 is 0 Å². The summed E-state index contributed by atoms with van der Waals surface area (Å²) in [5.41, 5.74) is 0. The molecule has 0 aromatic rings. The normalized spacial score (nSPS) is 35.8. The quantitative estimate of drug-likeness (QED) is 0.500. The first-order valence-corrected chi connectivity index (χ1v) is 4.05. The Morgan fingerprint density at radius 3 is 2.80 bits per heavy atom. The molecule has 0 unspecified atom stereocenters. The minimum atomic E-state index is 0.760. The topological polar surface area (TPSA) is 3.24 Å². The second kappa shape index (κ2) is 3.20. The third-order valence-corrected chi connectivity index (χ3v) is 2.48. The molecule has 1 fully saturated rings. The number of likely N-dealkylation sites (tertiary alicyclic amines) is 1. The van der Waals surface area contributed by atoms with E-state index in [0.717, 1.165) is 11.8 Å². The molecule has 0 aromatic carbocycles. The van der Waals surface area contributed by atoms with Crippen molar-refractivity contribution in [2.75, 3.05) is 20.1 Å². The molecule has 1 heteroatoms. The van der Waals surface area contributed by atoms with Gasteiger partial charge in [0.2, 0.25) is 0 Å². The van der Waals surface area contributed by atoms with Crippen molar-refractivity contribution < 1.29 is 0 Å². The number of piperidine rings is 1. The Morgan fingerprint density at radius 1 is 1.60 bits per heavy atom. The van der Waals surface area contributed by atoms with Gasteiger partial charge in [-0.05, 0) is 31.8 Å². The van der Waals surface area contributed by atoms with Crippen molar-refractivity contribution in [1.82, 2.24) is 4.90 Å². The molecule has 0 radical (unpaired) electrons. The van der Waals surface area contributed by atoms with E-state index in [1.54, 1.807) is 0 Å². The molecule has 10 heavy (non-hydrogen) atoms. The summed E-state index contributed by atoms with van der Waals surface area (Å²) in [5.74, 6) is 1.56. The average molecular weight is 139 g/mol. The fourth-order valence-electron chi connectivity index (χ4n) is 1.72.